The van der Waals surface area contributed by atoms with E-state index in [0.717, 1.165) is 12.8 Å². The van der Waals surface area contributed by atoms with E-state index in [2.05, 4.69) is 31.0 Å². The van der Waals surface area contributed by atoms with E-state index in [4.69, 9.17) is 0 Å². The lowest BCUT2D eigenvalue weighted by molar-refractivity contribution is 0.473. The van der Waals surface area contributed by atoms with Gasteiger partial charge >= 0.3 is 0 Å². The van der Waals surface area contributed by atoms with Crippen LogP contribution in [-0.4, -0.2) is 10.1 Å². The van der Waals surface area contributed by atoms with Crippen LogP contribution in [0.2, 0.25) is 0 Å². The lowest BCUT2D eigenvalue weighted by Gasteiger charge is -2.26. The topological polar surface area (TPSA) is 33.1 Å². The summed E-state index contributed by atoms with van der Waals surface area (Å²) in [5.74, 6) is 1.31. The monoisotopic (exact) mass is 255 g/mol. The molecule has 0 unspecified atom stereocenters. The van der Waals surface area contributed by atoms with E-state index < -0.39 is 0 Å². The van der Waals surface area contributed by atoms with E-state index in [0.29, 0.717) is 17.6 Å². The van der Waals surface area contributed by atoms with Crippen molar-refractivity contribution >= 4 is 0 Å². The highest BCUT2D eigenvalue weighted by Crippen LogP contribution is 2.37. The summed E-state index contributed by atoms with van der Waals surface area (Å²) in [5, 5.41) is 9.42. The quantitative estimate of drug-likeness (QED) is 0.854. The van der Waals surface area contributed by atoms with Gasteiger partial charge < -0.3 is 5.11 Å². The highest BCUT2D eigenvalue weighted by atomic mass is 16.3. The molecule has 2 rings (SSSR count). The van der Waals surface area contributed by atoms with Gasteiger partial charge in [-0.25, -0.2) is 0 Å². The molecule has 0 aliphatic carbocycles. The van der Waals surface area contributed by atoms with Crippen LogP contribution >= 0.6 is 0 Å². The van der Waals surface area contributed by atoms with E-state index in [9.17, 15) is 5.11 Å². The molecule has 1 aromatic heterocycles. The van der Waals surface area contributed by atoms with Crippen molar-refractivity contribution in [3.63, 3.8) is 0 Å². The summed E-state index contributed by atoms with van der Waals surface area (Å²) in [4.78, 5) is 4.10. The molecular weight excluding hydrogens is 234 g/mol. The number of pyridine rings is 1. The van der Waals surface area contributed by atoms with Crippen LogP contribution in [0.25, 0.3) is 0 Å². The molecule has 19 heavy (non-hydrogen) atoms. The summed E-state index contributed by atoms with van der Waals surface area (Å²) in [6.07, 6.45) is 5.91. The van der Waals surface area contributed by atoms with E-state index >= 15 is 0 Å². The summed E-state index contributed by atoms with van der Waals surface area (Å²) in [5.41, 5.74) is 2.64. The molecule has 100 valence electrons. The fourth-order valence-electron chi connectivity index (χ4n) is 2.84. The van der Waals surface area contributed by atoms with Gasteiger partial charge in [-0.3, -0.25) is 4.98 Å². The third kappa shape index (κ3) is 3.14. The first-order valence-corrected chi connectivity index (χ1v) is 6.95. The fourth-order valence-corrected chi connectivity index (χ4v) is 2.84. The van der Waals surface area contributed by atoms with Crippen LogP contribution in [0.1, 0.15) is 49.7 Å². The Morgan fingerprint density at radius 1 is 0.842 bits per heavy atom. The van der Waals surface area contributed by atoms with Crippen LogP contribution in [0.4, 0.5) is 0 Å². The van der Waals surface area contributed by atoms with Gasteiger partial charge in [0.05, 0.1) is 0 Å². The molecule has 0 fully saturated rings. The van der Waals surface area contributed by atoms with Gasteiger partial charge in [0, 0.05) is 12.4 Å². The first-order chi connectivity index (χ1) is 9.26. The molecule has 0 saturated carbocycles. The molecule has 2 heteroatoms. The largest absolute Gasteiger partial charge is 0.508 e. The molecule has 0 saturated heterocycles. The minimum atomic E-state index is 0.329. The Morgan fingerprint density at radius 2 is 1.32 bits per heavy atom. The molecule has 0 spiro atoms. The normalized spacial score (nSPS) is 14.0. The number of benzene rings is 1. The van der Waals surface area contributed by atoms with Gasteiger partial charge in [-0.1, -0.05) is 26.0 Å². The van der Waals surface area contributed by atoms with Crippen LogP contribution in [0, 0.1) is 0 Å². The van der Waals surface area contributed by atoms with Crippen LogP contribution in [0.5, 0.6) is 5.75 Å². The Kier molecular flexibility index (Phi) is 4.56. The number of hydrogen-bond acceptors (Lipinski definition) is 2. The van der Waals surface area contributed by atoms with E-state index in [1.54, 1.807) is 12.1 Å². The van der Waals surface area contributed by atoms with Gasteiger partial charge in [-0.2, -0.15) is 0 Å². The average Bonchev–Trinajstić information content (AvgIpc) is 2.47. The van der Waals surface area contributed by atoms with Gasteiger partial charge in [-0.15, -0.1) is 0 Å². The third-order valence-electron chi connectivity index (χ3n) is 3.82. The number of nitrogens with zero attached hydrogens (tertiary/aromatic N) is 1. The van der Waals surface area contributed by atoms with Crippen molar-refractivity contribution in [2.45, 2.75) is 38.5 Å². The predicted octanol–water partition coefficient (Wildman–Crippen LogP) is 4.47. The third-order valence-corrected chi connectivity index (χ3v) is 3.82. The number of hydrogen-bond donors (Lipinski definition) is 1. The zero-order valence-electron chi connectivity index (χ0n) is 11.6. The Balaban J connectivity index is 2.31. The standard InChI is InChI=1S/C17H21NO/c1-3-16(13-5-7-15(19)8-6-13)17(4-2)14-9-11-18-12-10-14/h5-12,16-17,19H,3-4H2,1-2H3/t16-,17+/m0/s1. The van der Waals surface area contributed by atoms with Crippen molar-refractivity contribution in [2.24, 2.45) is 0 Å². The smallest absolute Gasteiger partial charge is 0.115 e. The summed E-state index contributed by atoms with van der Waals surface area (Å²) in [6.45, 7) is 4.45. The molecular formula is C17H21NO. The van der Waals surface area contributed by atoms with Crippen molar-refractivity contribution < 1.29 is 5.11 Å². The predicted molar refractivity (Wildman–Crippen MR) is 78.4 cm³/mol. The molecule has 1 aromatic carbocycles. The second-order valence-corrected chi connectivity index (χ2v) is 4.90. The highest BCUT2D eigenvalue weighted by Gasteiger charge is 2.21. The number of phenolic OH excluding ortho intramolecular Hbond substituents is 1. The molecule has 2 atom stereocenters. The molecule has 0 radical (unpaired) electrons. The van der Waals surface area contributed by atoms with Crippen LogP contribution in [0.3, 0.4) is 0 Å². The van der Waals surface area contributed by atoms with Crippen molar-refractivity contribution in [1.82, 2.24) is 4.98 Å². The van der Waals surface area contributed by atoms with Gasteiger partial charge in [-0.05, 0) is 60.1 Å². The fraction of sp³-hybridized carbons (Fsp3) is 0.353. The second-order valence-electron chi connectivity index (χ2n) is 4.90. The first kappa shape index (κ1) is 13.6. The summed E-state index contributed by atoms with van der Waals surface area (Å²) >= 11 is 0. The maximum Gasteiger partial charge on any atom is 0.115 e. The van der Waals surface area contributed by atoms with Crippen molar-refractivity contribution in [1.29, 1.82) is 0 Å². The lowest BCUT2D eigenvalue weighted by Crippen LogP contribution is -2.10. The van der Waals surface area contributed by atoms with Crippen molar-refractivity contribution in [2.75, 3.05) is 0 Å². The Hall–Kier alpha value is -1.83. The van der Waals surface area contributed by atoms with Crippen LogP contribution < -0.4 is 0 Å². The Labute approximate surface area is 115 Å². The molecule has 2 aromatic rings. The van der Waals surface area contributed by atoms with Gasteiger partial charge in [0.1, 0.15) is 5.75 Å². The number of rotatable bonds is 5. The minimum absolute atomic E-state index is 0.329. The highest BCUT2D eigenvalue weighted by molar-refractivity contribution is 5.31. The van der Waals surface area contributed by atoms with Gasteiger partial charge in [0.25, 0.3) is 0 Å². The molecule has 1 N–H and O–H groups in total. The molecule has 1 heterocycles. The van der Waals surface area contributed by atoms with Crippen molar-refractivity contribution in [3.8, 4) is 5.75 Å². The Bertz CT molecular complexity index is 492. The molecule has 0 aliphatic heterocycles. The average molecular weight is 255 g/mol. The van der Waals surface area contributed by atoms with Crippen LogP contribution in [0.15, 0.2) is 48.8 Å². The number of phenols is 1. The Morgan fingerprint density at radius 3 is 1.79 bits per heavy atom. The molecule has 0 bridgehead atoms. The maximum absolute atomic E-state index is 9.42. The summed E-state index contributed by atoms with van der Waals surface area (Å²) < 4.78 is 0. The molecule has 2 nitrogen and oxygen atoms in total. The number of aromatic nitrogens is 1. The van der Waals surface area contributed by atoms with E-state index in [1.807, 2.05) is 24.5 Å². The molecule has 0 amide bonds. The summed E-state index contributed by atoms with van der Waals surface area (Å²) in [7, 11) is 0. The summed E-state index contributed by atoms with van der Waals surface area (Å²) in [6, 6.07) is 11.8. The molecule has 0 aliphatic rings. The van der Waals surface area contributed by atoms with E-state index in [-0.39, 0.29) is 0 Å². The first-order valence-electron chi connectivity index (χ1n) is 6.95. The van der Waals surface area contributed by atoms with Crippen LogP contribution in [-0.2, 0) is 0 Å². The lowest BCUT2D eigenvalue weighted by atomic mass is 9.78. The van der Waals surface area contributed by atoms with Gasteiger partial charge in [0.15, 0.2) is 0 Å². The number of aromatic hydroxyl groups is 1. The second kappa shape index (κ2) is 6.37. The maximum atomic E-state index is 9.42. The zero-order valence-corrected chi connectivity index (χ0v) is 11.6. The minimum Gasteiger partial charge on any atom is -0.508 e. The SMILES string of the molecule is CC[C@H](c1ccncc1)[C@@H](CC)c1ccc(O)cc1. The van der Waals surface area contributed by atoms with Gasteiger partial charge in [0.2, 0.25) is 0 Å². The zero-order chi connectivity index (χ0) is 13.7. The van der Waals surface area contributed by atoms with Crippen molar-refractivity contribution in [3.05, 3.63) is 59.9 Å². The van der Waals surface area contributed by atoms with E-state index in [1.165, 1.54) is 11.1 Å².